The van der Waals surface area contributed by atoms with E-state index in [4.69, 9.17) is 25.8 Å². The average molecular weight is 445 g/mol. The molecule has 0 unspecified atom stereocenters. The van der Waals surface area contributed by atoms with Gasteiger partial charge in [0.25, 0.3) is 5.69 Å². The van der Waals surface area contributed by atoms with Gasteiger partial charge in [-0.25, -0.2) is 9.79 Å². The minimum Gasteiger partial charge on any atom is -0.493 e. The van der Waals surface area contributed by atoms with Crippen LogP contribution in [0.5, 0.6) is 11.5 Å². The second-order valence-corrected chi connectivity index (χ2v) is 6.86. The molecule has 2 aromatic carbocycles. The number of esters is 2. The van der Waals surface area contributed by atoms with Crippen molar-refractivity contribution in [3.63, 3.8) is 0 Å². The summed E-state index contributed by atoms with van der Waals surface area (Å²) in [6.07, 6.45) is 1.60. The summed E-state index contributed by atoms with van der Waals surface area (Å²) in [5, 5.41) is 11.1. The molecule has 0 aliphatic carbocycles. The first-order valence-electron chi connectivity index (χ1n) is 9.09. The Balaban J connectivity index is 1.95. The number of cyclic esters (lactones) is 1. The van der Waals surface area contributed by atoms with Gasteiger partial charge in [-0.2, -0.15) is 0 Å². The Morgan fingerprint density at radius 2 is 2.06 bits per heavy atom. The minimum atomic E-state index is -0.692. The minimum absolute atomic E-state index is 0.00225. The summed E-state index contributed by atoms with van der Waals surface area (Å²) in [6, 6.07) is 7.32. The number of nitro benzene ring substituents is 1. The van der Waals surface area contributed by atoms with E-state index in [2.05, 4.69) is 4.99 Å². The van der Waals surface area contributed by atoms with E-state index >= 15 is 0 Å². The molecular formula is C21H17ClN2O7. The number of rotatable bonds is 6. The second-order valence-electron chi connectivity index (χ2n) is 6.46. The van der Waals surface area contributed by atoms with E-state index in [0.29, 0.717) is 16.7 Å². The lowest BCUT2D eigenvalue weighted by Gasteiger charge is -2.11. The maximum absolute atomic E-state index is 12.3. The number of nitro groups is 1. The van der Waals surface area contributed by atoms with Crippen molar-refractivity contribution in [1.29, 1.82) is 0 Å². The highest BCUT2D eigenvalue weighted by molar-refractivity contribution is 6.32. The molecule has 2 aromatic rings. The van der Waals surface area contributed by atoms with Crippen molar-refractivity contribution in [2.75, 3.05) is 7.11 Å². The molecule has 160 valence electrons. The molecule has 31 heavy (non-hydrogen) atoms. The average Bonchev–Trinajstić information content (AvgIpc) is 3.09. The summed E-state index contributed by atoms with van der Waals surface area (Å²) in [4.78, 5) is 38.5. The maximum Gasteiger partial charge on any atom is 0.363 e. The maximum atomic E-state index is 12.3. The Morgan fingerprint density at radius 1 is 1.32 bits per heavy atom. The van der Waals surface area contributed by atoms with Crippen LogP contribution >= 0.6 is 11.6 Å². The fourth-order valence-corrected chi connectivity index (χ4v) is 3.05. The molecule has 0 fully saturated rings. The Bertz CT molecular complexity index is 1150. The number of nitrogens with zero attached hydrogens (tertiary/aromatic N) is 2. The van der Waals surface area contributed by atoms with E-state index in [1.807, 2.05) is 0 Å². The van der Waals surface area contributed by atoms with Crippen LogP contribution in [0.15, 0.2) is 41.0 Å². The van der Waals surface area contributed by atoms with Gasteiger partial charge in [-0.05, 0) is 42.8 Å². The first-order valence-corrected chi connectivity index (χ1v) is 9.47. The predicted molar refractivity (Wildman–Crippen MR) is 112 cm³/mol. The standard InChI is InChI=1S/C21H17ClN2O7/c1-4-18(25)30-19-14(22)8-12(10-17(19)29-3)9-15-21(26)31-20(23-15)13-5-6-16(24(27)28)11(2)7-13/h5-10H,4H2,1-3H3/b15-9-. The van der Waals surface area contributed by atoms with Crippen LogP contribution in [0, 0.1) is 17.0 Å². The van der Waals surface area contributed by atoms with E-state index < -0.39 is 16.9 Å². The molecule has 9 nitrogen and oxygen atoms in total. The molecule has 1 aliphatic heterocycles. The van der Waals surface area contributed by atoms with Gasteiger partial charge in [-0.15, -0.1) is 0 Å². The van der Waals surface area contributed by atoms with Crippen molar-refractivity contribution >= 4 is 41.2 Å². The van der Waals surface area contributed by atoms with Gasteiger partial charge < -0.3 is 14.2 Å². The second kappa shape index (κ2) is 8.97. The van der Waals surface area contributed by atoms with E-state index in [0.717, 1.165) is 0 Å². The number of methoxy groups -OCH3 is 1. The number of hydrogen-bond donors (Lipinski definition) is 0. The molecule has 1 aliphatic rings. The highest BCUT2D eigenvalue weighted by atomic mass is 35.5. The fourth-order valence-electron chi connectivity index (χ4n) is 2.79. The summed E-state index contributed by atoms with van der Waals surface area (Å²) in [7, 11) is 1.39. The van der Waals surface area contributed by atoms with Crippen LogP contribution in [-0.2, 0) is 14.3 Å². The Hall–Kier alpha value is -3.72. The summed E-state index contributed by atoms with van der Waals surface area (Å²) in [5.74, 6) is -0.845. The van der Waals surface area contributed by atoms with Gasteiger partial charge in [0.2, 0.25) is 5.90 Å². The van der Waals surface area contributed by atoms with Gasteiger partial charge in [0.05, 0.1) is 17.1 Å². The highest BCUT2D eigenvalue weighted by Gasteiger charge is 2.26. The molecule has 0 bridgehead atoms. The Kier molecular flexibility index (Phi) is 6.36. The van der Waals surface area contributed by atoms with Crippen molar-refractivity contribution in [3.05, 3.63) is 67.9 Å². The van der Waals surface area contributed by atoms with Crippen molar-refractivity contribution in [2.45, 2.75) is 20.3 Å². The van der Waals surface area contributed by atoms with Crippen LogP contribution in [0.1, 0.15) is 30.0 Å². The third kappa shape index (κ3) is 4.72. The normalized spacial score (nSPS) is 14.3. The van der Waals surface area contributed by atoms with Crippen LogP contribution in [0.25, 0.3) is 6.08 Å². The molecular weight excluding hydrogens is 428 g/mol. The molecule has 0 aromatic heterocycles. The van der Waals surface area contributed by atoms with Crippen LogP contribution < -0.4 is 9.47 Å². The summed E-state index contributed by atoms with van der Waals surface area (Å²) in [5.41, 5.74) is 1.26. The highest BCUT2D eigenvalue weighted by Crippen LogP contribution is 2.37. The summed E-state index contributed by atoms with van der Waals surface area (Å²) in [6.45, 7) is 3.23. The van der Waals surface area contributed by atoms with Gasteiger partial charge in [-0.3, -0.25) is 14.9 Å². The number of halogens is 1. The van der Waals surface area contributed by atoms with Crippen LogP contribution in [0.4, 0.5) is 5.69 Å². The van der Waals surface area contributed by atoms with E-state index in [1.165, 1.54) is 43.5 Å². The summed E-state index contributed by atoms with van der Waals surface area (Å²) >= 11 is 6.23. The predicted octanol–water partition coefficient (Wildman–Crippen LogP) is 4.23. The van der Waals surface area contributed by atoms with E-state index in [1.54, 1.807) is 13.8 Å². The third-order valence-electron chi connectivity index (χ3n) is 4.32. The number of benzene rings is 2. The number of carbonyl (C=O) groups is 2. The molecule has 0 amide bonds. The van der Waals surface area contributed by atoms with Crippen LogP contribution in [-0.4, -0.2) is 29.9 Å². The fraction of sp³-hybridized carbons (Fsp3) is 0.190. The van der Waals surface area contributed by atoms with Crippen LogP contribution in [0.3, 0.4) is 0 Å². The first-order chi connectivity index (χ1) is 14.7. The Labute approximate surface area is 182 Å². The van der Waals surface area contributed by atoms with Crippen LogP contribution in [0.2, 0.25) is 5.02 Å². The molecule has 10 heteroatoms. The van der Waals surface area contributed by atoms with Crippen molar-refractivity contribution in [1.82, 2.24) is 0 Å². The lowest BCUT2D eigenvalue weighted by Crippen LogP contribution is -2.07. The van der Waals surface area contributed by atoms with Crippen molar-refractivity contribution in [2.24, 2.45) is 4.99 Å². The van der Waals surface area contributed by atoms with Crippen molar-refractivity contribution in [3.8, 4) is 11.5 Å². The zero-order valence-electron chi connectivity index (χ0n) is 16.8. The van der Waals surface area contributed by atoms with Gasteiger partial charge in [-0.1, -0.05) is 18.5 Å². The molecule has 0 spiro atoms. The molecule has 0 atom stereocenters. The van der Waals surface area contributed by atoms with E-state index in [-0.39, 0.29) is 40.2 Å². The molecule has 0 radical (unpaired) electrons. The van der Waals surface area contributed by atoms with Gasteiger partial charge >= 0.3 is 11.9 Å². The topological polar surface area (TPSA) is 117 Å². The first kappa shape index (κ1) is 22.0. The number of hydrogen-bond acceptors (Lipinski definition) is 8. The number of aliphatic imine (C=N–C) groups is 1. The number of carbonyl (C=O) groups excluding carboxylic acids is 2. The third-order valence-corrected chi connectivity index (χ3v) is 4.60. The van der Waals surface area contributed by atoms with Crippen molar-refractivity contribution < 1.29 is 28.7 Å². The smallest absolute Gasteiger partial charge is 0.363 e. The SMILES string of the molecule is CCC(=O)Oc1c(Cl)cc(/C=C2\N=C(c3ccc([N+](=O)[O-])c(C)c3)OC2=O)cc1OC. The largest absolute Gasteiger partial charge is 0.493 e. The molecule has 0 saturated heterocycles. The van der Waals surface area contributed by atoms with Gasteiger partial charge in [0.15, 0.2) is 17.2 Å². The van der Waals surface area contributed by atoms with Gasteiger partial charge in [0.1, 0.15) is 0 Å². The number of ether oxygens (including phenoxy) is 3. The quantitative estimate of drug-likeness (QED) is 0.215. The molecule has 1 heterocycles. The van der Waals surface area contributed by atoms with Gasteiger partial charge in [0, 0.05) is 23.6 Å². The molecule has 3 rings (SSSR count). The number of aryl methyl sites for hydroxylation is 1. The van der Waals surface area contributed by atoms with E-state index in [9.17, 15) is 19.7 Å². The monoisotopic (exact) mass is 444 g/mol. The lowest BCUT2D eigenvalue weighted by molar-refractivity contribution is -0.385. The molecule has 0 N–H and O–H groups in total. The zero-order chi connectivity index (χ0) is 22.7. The lowest BCUT2D eigenvalue weighted by atomic mass is 10.1. The zero-order valence-corrected chi connectivity index (χ0v) is 17.6. The molecule has 0 saturated carbocycles. The summed E-state index contributed by atoms with van der Waals surface area (Å²) < 4.78 is 15.6. The Morgan fingerprint density at radius 3 is 2.68 bits per heavy atom.